The van der Waals surface area contributed by atoms with Gasteiger partial charge in [-0.15, -0.1) is 24.8 Å². The van der Waals surface area contributed by atoms with E-state index in [1.54, 1.807) is 14.2 Å². The lowest BCUT2D eigenvalue weighted by molar-refractivity contribution is 0.153. The average Bonchev–Trinajstić information content (AvgIpc) is 3.33. The minimum Gasteiger partial charge on any atom is -0.497 e. The topological polar surface area (TPSA) is 33.7 Å². The summed E-state index contributed by atoms with van der Waals surface area (Å²) in [5, 5.41) is 3.43. The molecule has 1 saturated heterocycles. The van der Waals surface area contributed by atoms with Crippen molar-refractivity contribution in [3.8, 4) is 11.5 Å². The fraction of sp³-hybridized carbons (Fsp3) is 0.625. The first-order chi connectivity index (χ1) is 9.83. The van der Waals surface area contributed by atoms with Gasteiger partial charge in [-0.3, -0.25) is 4.90 Å². The maximum absolute atomic E-state index is 5.60. The Morgan fingerprint density at radius 2 is 1.77 bits per heavy atom. The standard InChI is InChI=1S/C16H24N2O2.2ClH/c1-19-13-5-6-15(20-2)14(11-13)16(12-3-4-12)18-9-7-17-8-10-18;;/h5-6,11-12,16-17H,3-4,7-10H2,1-2H3;2*1H/t16-;;/m1../s1. The number of benzene rings is 1. The molecule has 1 atom stereocenters. The molecule has 1 aliphatic carbocycles. The van der Waals surface area contributed by atoms with Crippen molar-refractivity contribution in [2.75, 3.05) is 40.4 Å². The maximum Gasteiger partial charge on any atom is 0.123 e. The third kappa shape index (κ3) is 4.19. The second-order valence-electron chi connectivity index (χ2n) is 5.68. The van der Waals surface area contributed by atoms with Crippen molar-refractivity contribution in [2.45, 2.75) is 18.9 Å². The van der Waals surface area contributed by atoms with E-state index in [2.05, 4.69) is 16.3 Å². The van der Waals surface area contributed by atoms with Gasteiger partial charge >= 0.3 is 0 Å². The van der Waals surface area contributed by atoms with Crippen molar-refractivity contribution < 1.29 is 9.47 Å². The van der Waals surface area contributed by atoms with E-state index in [0.717, 1.165) is 43.6 Å². The number of nitrogens with one attached hydrogen (secondary N) is 1. The molecular formula is C16H26Cl2N2O2. The zero-order valence-corrected chi connectivity index (χ0v) is 14.8. The fourth-order valence-electron chi connectivity index (χ4n) is 3.19. The molecule has 22 heavy (non-hydrogen) atoms. The molecule has 2 aliphatic rings. The van der Waals surface area contributed by atoms with Crippen LogP contribution < -0.4 is 14.8 Å². The highest BCUT2D eigenvalue weighted by Gasteiger charge is 2.38. The number of piperazine rings is 1. The molecule has 1 aromatic rings. The molecule has 6 heteroatoms. The summed E-state index contributed by atoms with van der Waals surface area (Å²) in [6, 6.07) is 6.64. The Labute approximate surface area is 145 Å². The smallest absolute Gasteiger partial charge is 0.123 e. The van der Waals surface area contributed by atoms with Gasteiger partial charge in [-0.05, 0) is 37.0 Å². The van der Waals surface area contributed by atoms with Crippen molar-refractivity contribution in [3.05, 3.63) is 23.8 Å². The van der Waals surface area contributed by atoms with E-state index in [0.29, 0.717) is 6.04 Å². The monoisotopic (exact) mass is 348 g/mol. The Morgan fingerprint density at radius 1 is 1.09 bits per heavy atom. The predicted molar refractivity (Wildman–Crippen MR) is 93.9 cm³/mol. The number of hydrogen-bond donors (Lipinski definition) is 1. The third-order valence-corrected chi connectivity index (χ3v) is 4.37. The summed E-state index contributed by atoms with van der Waals surface area (Å²) in [6.07, 6.45) is 2.66. The van der Waals surface area contributed by atoms with Gasteiger partial charge in [0, 0.05) is 37.8 Å². The molecule has 1 aliphatic heterocycles. The van der Waals surface area contributed by atoms with Gasteiger partial charge in [-0.25, -0.2) is 0 Å². The van der Waals surface area contributed by atoms with Gasteiger partial charge in [0.05, 0.1) is 14.2 Å². The van der Waals surface area contributed by atoms with Crippen molar-refractivity contribution in [1.29, 1.82) is 0 Å². The van der Waals surface area contributed by atoms with Crippen LogP contribution in [0.4, 0.5) is 0 Å². The highest BCUT2D eigenvalue weighted by molar-refractivity contribution is 5.85. The summed E-state index contributed by atoms with van der Waals surface area (Å²) in [7, 11) is 3.48. The molecule has 1 saturated carbocycles. The number of nitrogens with zero attached hydrogens (tertiary/aromatic N) is 1. The van der Waals surface area contributed by atoms with Gasteiger partial charge in [0.25, 0.3) is 0 Å². The Morgan fingerprint density at radius 3 is 2.32 bits per heavy atom. The van der Waals surface area contributed by atoms with Crippen LogP contribution in [0, 0.1) is 5.92 Å². The first kappa shape index (κ1) is 19.4. The lowest BCUT2D eigenvalue weighted by atomic mass is 9.98. The van der Waals surface area contributed by atoms with Crippen molar-refractivity contribution >= 4 is 24.8 Å². The SMILES string of the molecule is COc1ccc(OC)c([C@@H](C2CC2)N2CCNCC2)c1.Cl.Cl. The molecule has 1 aromatic carbocycles. The number of ether oxygens (including phenoxy) is 2. The lowest BCUT2D eigenvalue weighted by Crippen LogP contribution is -2.45. The molecule has 4 nitrogen and oxygen atoms in total. The van der Waals surface area contributed by atoms with E-state index in [1.807, 2.05) is 12.1 Å². The molecule has 0 radical (unpaired) electrons. The van der Waals surface area contributed by atoms with Gasteiger partial charge in [-0.1, -0.05) is 0 Å². The number of halogens is 2. The minimum atomic E-state index is 0. The van der Waals surface area contributed by atoms with Crippen LogP contribution in [0.1, 0.15) is 24.4 Å². The lowest BCUT2D eigenvalue weighted by Gasteiger charge is -2.36. The molecule has 126 valence electrons. The van der Waals surface area contributed by atoms with E-state index in [4.69, 9.17) is 9.47 Å². The Bertz CT molecular complexity index is 463. The van der Waals surface area contributed by atoms with Crippen LogP contribution >= 0.6 is 24.8 Å². The number of rotatable bonds is 5. The predicted octanol–water partition coefficient (Wildman–Crippen LogP) is 2.90. The molecule has 0 spiro atoms. The van der Waals surface area contributed by atoms with E-state index in [9.17, 15) is 0 Å². The van der Waals surface area contributed by atoms with Gasteiger partial charge in [-0.2, -0.15) is 0 Å². The molecule has 1 N–H and O–H groups in total. The highest BCUT2D eigenvalue weighted by Crippen LogP contribution is 2.47. The van der Waals surface area contributed by atoms with Crippen LogP contribution in [-0.2, 0) is 0 Å². The third-order valence-electron chi connectivity index (χ3n) is 4.37. The van der Waals surface area contributed by atoms with E-state index in [1.165, 1.54) is 18.4 Å². The normalized spacial score (nSPS) is 19.5. The van der Waals surface area contributed by atoms with Gasteiger partial charge in [0.1, 0.15) is 11.5 Å². The highest BCUT2D eigenvalue weighted by atomic mass is 35.5. The summed E-state index contributed by atoms with van der Waals surface area (Å²) >= 11 is 0. The average molecular weight is 349 g/mol. The number of methoxy groups -OCH3 is 2. The molecule has 3 rings (SSSR count). The van der Waals surface area contributed by atoms with Crippen LogP contribution in [0.15, 0.2) is 18.2 Å². The molecule has 0 bridgehead atoms. The second-order valence-corrected chi connectivity index (χ2v) is 5.68. The zero-order valence-electron chi connectivity index (χ0n) is 13.2. The molecule has 0 unspecified atom stereocenters. The zero-order chi connectivity index (χ0) is 13.9. The molecular weight excluding hydrogens is 323 g/mol. The van der Waals surface area contributed by atoms with E-state index in [-0.39, 0.29) is 24.8 Å². The maximum atomic E-state index is 5.60. The van der Waals surface area contributed by atoms with Gasteiger partial charge in [0.2, 0.25) is 0 Å². The summed E-state index contributed by atoms with van der Waals surface area (Å²) in [5.74, 6) is 2.68. The largest absolute Gasteiger partial charge is 0.497 e. The summed E-state index contributed by atoms with van der Waals surface area (Å²) in [4.78, 5) is 2.60. The Hall–Kier alpha value is -0.680. The second kappa shape index (κ2) is 8.82. The van der Waals surface area contributed by atoms with Crippen molar-refractivity contribution in [3.63, 3.8) is 0 Å². The van der Waals surface area contributed by atoms with Crippen molar-refractivity contribution in [2.24, 2.45) is 5.92 Å². The molecule has 1 heterocycles. The Kier molecular flexibility index (Phi) is 7.77. The van der Waals surface area contributed by atoms with E-state index >= 15 is 0 Å². The van der Waals surface area contributed by atoms with Crippen LogP contribution in [0.3, 0.4) is 0 Å². The summed E-state index contributed by atoms with van der Waals surface area (Å²) in [6.45, 7) is 4.38. The van der Waals surface area contributed by atoms with Crippen LogP contribution in [0.25, 0.3) is 0 Å². The first-order valence-electron chi connectivity index (χ1n) is 7.50. The van der Waals surface area contributed by atoms with Gasteiger partial charge in [0.15, 0.2) is 0 Å². The van der Waals surface area contributed by atoms with Crippen molar-refractivity contribution in [1.82, 2.24) is 10.2 Å². The summed E-state index contributed by atoms with van der Waals surface area (Å²) < 4.78 is 11.0. The molecule has 0 amide bonds. The molecule has 0 aromatic heterocycles. The fourth-order valence-corrected chi connectivity index (χ4v) is 3.19. The van der Waals surface area contributed by atoms with Crippen LogP contribution in [0.5, 0.6) is 11.5 Å². The quantitative estimate of drug-likeness (QED) is 0.886. The van der Waals surface area contributed by atoms with E-state index < -0.39 is 0 Å². The first-order valence-corrected chi connectivity index (χ1v) is 7.50. The Balaban J connectivity index is 0.00000121. The van der Waals surface area contributed by atoms with Gasteiger partial charge < -0.3 is 14.8 Å². The van der Waals surface area contributed by atoms with Crippen LogP contribution in [-0.4, -0.2) is 45.3 Å². The number of hydrogen-bond acceptors (Lipinski definition) is 4. The molecule has 2 fully saturated rings. The minimum absolute atomic E-state index is 0. The van der Waals surface area contributed by atoms with Crippen LogP contribution in [0.2, 0.25) is 0 Å². The summed E-state index contributed by atoms with van der Waals surface area (Å²) in [5.41, 5.74) is 1.29.